The van der Waals surface area contributed by atoms with E-state index in [1.165, 1.54) is 17.1 Å². The van der Waals surface area contributed by atoms with Crippen LogP contribution in [0.2, 0.25) is 5.02 Å². The van der Waals surface area contributed by atoms with Crippen molar-refractivity contribution in [2.45, 2.75) is 31.9 Å². The van der Waals surface area contributed by atoms with E-state index in [-0.39, 0.29) is 30.3 Å². The highest BCUT2D eigenvalue weighted by Crippen LogP contribution is 2.60. The van der Waals surface area contributed by atoms with Crippen LogP contribution in [-0.2, 0) is 29.2 Å². The van der Waals surface area contributed by atoms with Crippen molar-refractivity contribution in [2.24, 2.45) is 5.92 Å². The van der Waals surface area contributed by atoms with Gasteiger partial charge in [-0.1, -0.05) is 23.5 Å². The number of nitrogen functional groups attached to an aromatic ring is 1. The summed E-state index contributed by atoms with van der Waals surface area (Å²) in [7, 11) is -9.90. The van der Waals surface area contributed by atoms with E-state index >= 15 is 0 Å². The van der Waals surface area contributed by atoms with Gasteiger partial charge in [-0.25, -0.2) is 28.0 Å². The number of phosphoric ester groups is 1. The number of ether oxygens (including phenoxy) is 2. The zero-order valence-electron chi connectivity index (χ0n) is 21.8. The SMILES string of the molecule is C[C@@H]1[C@H](O)[C@@H](COP(=O)(O)OP(=O)(O)n2ccnc2)O[C@H]1[n+]1cn(CCOc2ccc(Cl)cc2)c2c([O-])nc(N)nc21. The molecule has 5 N–H and O–H groups in total. The first-order valence-electron chi connectivity index (χ1n) is 12.3. The molecule has 4 aromatic rings. The first kappa shape index (κ1) is 30.4. The Morgan fingerprint density at radius 1 is 1.24 bits per heavy atom. The van der Waals surface area contributed by atoms with Gasteiger partial charge in [0.05, 0.1) is 12.7 Å². The van der Waals surface area contributed by atoms with E-state index in [1.807, 2.05) is 0 Å². The van der Waals surface area contributed by atoms with Crippen LogP contribution in [0.1, 0.15) is 13.2 Å². The van der Waals surface area contributed by atoms with Crippen molar-refractivity contribution in [1.82, 2.24) is 23.9 Å². The molecule has 20 heteroatoms. The van der Waals surface area contributed by atoms with Gasteiger partial charge in [0.1, 0.15) is 31.3 Å². The van der Waals surface area contributed by atoms with Crippen molar-refractivity contribution in [2.75, 3.05) is 18.9 Å². The Labute approximate surface area is 242 Å². The average molecular weight is 646 g/mol. The van der Waals surface area contributed by atoms with Crippen molar-refractivity contribution in [1.29, 1.82) is 0 Å². The summed E-state index contributed by atoms with van der Waals surface area (Å²) in [5, 5.41) is 24.2. The molecular weight excluding hydrogens is 620 g/mol. The Bertz CT molecular complexity index is 1660. The number of hydrogen-bond acceptors (Lipinski definition) is 12. The fourth-order valence-electron chi connectivity index (χ4n) is 4.40. The van der Waals surface area contributed by atoms with Gasteiger partial charge in [0.2, 0.25) is 0 Å². The van der Waals surface area contributed by atoms with Gasteiger partial charge in [0, 0.05) is 29.2 Å². The maximum Gasteiger partial charge on any atom is 0.480 e. The van der Waals surface area contributed by atoms with E-state index in [0.29, 0.717) is 15.1 Å². The first-order chi connectivity index (χ1) is 19.8. The van der Waals surface area contributed by atoms with E-state index < -0.39 is 52.4 Å². The van der Waals surface area contributed by atoms with Crippen LogP contribution < -0.4 is 20.1 Å². The Morgan fingerprint density at radius 2 is 1.98 bits per heavy atom. The van der Waals surface area contributed by atoms with E-state index in [9.17, 15) is 29.1 Å². The minimum atomic E-state index is -5.10. The van der Waals surface area contributed by atoms with Crippen LogP contribution in [0, 0.1) is 5.92 Å². The molecule has 1 aromatic carbocycles. The summed E-state index contributed by atoms with van der Waals surface area (Å²) in [4.78, 5) is 31.5. The van der Waals surface area contributed by atoms with Crippen molar-refractivity contribution < 1.29 is 52.0 Å². The van der Waals surface area contributed by atoms with Gasteiger partial charge in [0.25, 0.3) is 5.95 Å². The smallest absolute Gasteiger partial charge is 0.480 e. The molecule has 0 radical (unpaired) electrons. The number of nitrogens with zero attached hydrogens (tertiary/aromatic N) is 6. The lowest BCUT2D eigenvalue weighted by Gasteiger charge is -2.19. The summed E-state index contributed by atoms with van der Waals surface area (Å²) in [5.41, 5.74) is 5.99. The first-order valence-corrected chi connectivity index (χ1v) is 15.7. The molecule has 42 heavy (non-hydrogen) atoms. The zero-order chi connectivity index (χ0) is 30.2. The molecule has 1 saturated heterocycles. The predicted molar refractivity (Wildman–Crippen MR) is 142 cm³/mol. The maximum absolute atomic E-state index is 12.8. The molecule has 0 bridgehead atoms. The third-order valence-electron chi connectivity index (χ3n) is 6.41. The topological polar surface area (TPSA) is 233 Å². The fourth-order valence-corrected chi connectivity index (χ4v) is 6.88. The van der Waals surface area contributed by atoms with Crippen LogP contribution in [0.15, 0.2) is 49.3 Å². The quantitative estimate of drug-likeness (QED) is 0.132. The van der Waals surface area contributed by atoms with Gasteiger partial charge in [0.15, 0.2) is 18.1 Å². The molecule has 1 aliphatic heterocycles. The number of rotatable bonds is 11. The van der Waals surface area contributed by atoms with Gasteiger partial charge >= 0.3 is 21.2 Å². The van der Waals surface area contributed by atoms with Crippen molar-refractivity contribution >= 4 is 44.3 Å². The number of imidazole rings is 2. The summed E-state index contributed by atoms with van der Waals surface area (Å²) in [5.74, 6) is -0.989. The molecule has 2 unspecified atom stereocenters. The molecule has 0 amide bonds. The summed E-state index contributed by atoms with van der Waals surface area (Å²) in [6.45, 7) is 1.33. The highest BCUT2D eigenvalue weighted by molar-refractivity contribution is 7.63. The van der Waals surface area contributed by atoms with Crippen LogP contribution in [0.4, 0.5) is 5.95 Å². The number of aliphatic hydroxyl groups excluding tert-OH is 1. The highest BCUT2D eigenvalue weighted by atomic mass is 35.5. The third-order valence-corrected chi connectivity index (χ3v) is 9.64. The van der Waals surface area contributed by atoms with Crippen LogP contribution >= 0.6 is 27.2 Å². The molecule has 0 aliphatic carbocycles. The molecule has 1 aliphatic rings. The van der Waals surface area contributed by atoms with Crippen LogP contribution in [0.5, 0.6) is 11.6 Å². The fraction of sp³-hybridized carbons (Fsp3) is 0.364. The monoisotopic (exact) mass is 645 g/mol. The van der Waals surface area contributed by atoms with E-state index in [2.05, 4.69) is 19.3 Å². The number of aliphatic hydroxyl groups is 1. The lowest BCUT2D eigenvalue weighted by atomic mass is 10.0. The molecule has 4 heterocycles. The molecule has 6 atom stereocenters. The zero-order valence-corrected chi connectivity index (χ0v) is 24.3. The molecular formula is C22H26ClN7O10P2. The Morgan fingerprint density at radius 3 is 2.67 bits per heavy atom. The predicted octanol–water partition coefficient (Wildman–Crippen LogP) is 0.980. The number of benzene rings is 1. The number of hydrogen-bond donors (Lipinski definition) is 4. The lowest BCUT2D eigenvalue weighted by molar-refractivity contribution is -0.745. The van der Waals surface area contributed by atoms with Crippen LogP contribution in [-0.4, -0.2) is 64.2 Å². The molecule has 1 fully saturated rings. The normalized spacial score (nSPS) is 23.5. The number of fused-ring (bicyclic) bond motifs is 1. The minimum Gasteiger partial charge on any atom is -0.856 e. The maximum atomic E-state index is 12.8. The molecule has 3 aromatic heterocycles. The van der Waals surface area contributed by atoms with Crippen molar-refractivity contribution in [3.8, 4) is 11.6 Å². The van der Waals surface area contributed by atoms with Crippen molar-refractivity contribution in [3.05, 3.63) is 54.3 Å². The Kier molecular flexibility index (Phi) is 8.58. The van der Waals surface area contributed by atoms with Gasteiger partial charge in [-0.15, -0.1) is 0 Å². The van der Waals surface area contributed by atoms with Gasteiger partial charge in [-0.2, -0.15) is 4.31 Å². The molecule has 0 saturated carbocycles. The summed E-state index contributed by atoms with van der Waals surface area (Å²) < 4.78 is 49.4. The van der Waals surface area contributed by atoms with E-state index in [4.69, 9.17) is 31.3 Å². The second-order valence-electron chi connectivity index (χ2n) is 9.27. The van der Waals surface area contributed by atoms with Crippen molar-refractivity contribution in [3.63, 3.8) is 0 Å². The van der Waals surface area contributed by atoms with E-state index in [1.54, 1.807) is 35.8 Å². The number of aromatic nitrogens is 6. The van der Waals surface area contributed by atoms with Crippen LogP contribution in [0.3, 0.4) is 0 Å². The minimum absolute atomic E-state index is 0.111. The molecule has 0 spiro atoms. The highest BCUT2D eigenvalue weighted by Gasteiger charge is 2.47. The Balaban J connectivity index is 1.32. The average Bonchev–Trinajstić information content (AvgIpc) is 3.64. The summed E-state index contributed by atoms with van der Waals surface area (Å²) >= 11 is 5.91. The molecule has 17 nitrogen and oxygen atoms in total. The van der Waals surface area contributed by atoms with Gasteiger partial charge < -0.3 is 35.2 Å². The number of nitrogens with two attached hydrogens (primary N) is 1. The number of phosphoric acid groups is 1. The summed E-state index contributed by atoms with van der Waals surface area (Å²) in [6.07, 6.45) is 1.37. The standard InChI is InChI=1S/C22H26ClN7O10P2/c1-13-18(31)16(10-38-42(35,36)40-41(33,34)29-7-6-25-11-29)39-21(13)30-12-28(17-19(30)26-22(24)27-20(17)32)8-9-37-15-4-2-14(23)3-5-15/h2-7,11-13,16,18,21,31H,8-10H2,1H3,(H4-,24,26,27,32,33,34,35,36)/t13-,16-,18+,21-/m1/s1. The van der Waals surface area contributed by atoms with Gasteiger partial charge in [-0.3, -0.25) is 9.09 Å². The Hall–Kier alpha value is -3.11. The summed E-state index contributed by atoms with van der Waals surface area (Å²) in [6, 6.07) is 6.75. The number of halogens is 1. The second kappa shape index (κ2) is 11.9. The lowest BCUT2D eigenvalue weighted by Crippen LogP contribution is -2.42. The second-order valence-corrected chi connectivity index (χ2v) is 13.0. The largest absolute Gasteiger partial charge is 0.856 e. The molecule has 5 rings (SSSR count). The van der Waals surface area contributed by atoms with E-state index in [0.717, 1.165) is 12.5 Å². The molecule has 226 valence electrons. The third kappa shape index (κ3) is 6.44. The number of anilines is 1. The van der Waals surface area contributed by atoms with Crippen LogP contribution in [0.25, 0.3) is 11.2 Å². The van der Waals surface area contributed by atoms with Gasteiger partial charge in [-0.05, 0) is 24.3 Å².